The molecule has 0 rings (SSSR count). The Bertz CT molecular complexity index is 340. The number of alkyl halides is 1. The lowest BCUT2D eigenvalue weighted by atomic mass is 10.1. The van der Waals surface area contributed by atoms with Crippen LogP contribution in [0.15, 0.2) is 12.2 Å². The maximum atomic E-state index is 11.3. The Morgan fingerprint density at radius 1 is 0.750 bits per heavy atom. The van der Waals surface area contributed by atoms with E-state index in [1.165, 1.54) is 57.8 Å². The zero-order valence-electron chi connectivity index (χ0n) is 15.4. The van der Waals surface area contributed by atoms with Gasteiger partial charge in [-0.2, -0.15) is 0 Å². The van der Waals surface area contributed by atoms with E-state index in [-0.39, 0.29) is 5.33 Å². The smallest absolute Gasteiger partial charge is 0.324 e. The van der Waals surface area contributed by atoms with Crippen LogP contribution in [0.5, 0.6) is 0 Å². The zero-order valence-corrected chi connectivity index (χ0v) is 17.0. The lowest BCUT2D eigenvalue weighted by Crippen LogP contribution is -2.12. The third-order valence-corrected chi connectivity index (χ3v) is 4.44. The molecule has 0 atom stereocenters. The number of allylic oxidation sites excluding steroid dienone is 2. The van der Waals surface area contributed by atoms with Crippen molar-refractivity contribution >= 4 is 27.9 Å². The average molecular weight is 403 g/mol. The molecule has 4 heteroatoms. The van der Waals surface area contributed by atoms with Gasteiger partial charge >= 0.3 is 11.9 Å². The molecule has 0 unspecified atom stereocenters. The number of hydrogen-bond donors (Lipinski definition) is 0. The molecule has 3 nitrogen and oxygen atoms in total. The van der Waals surface area contributed by atoms with Gasteiger partial charge in [0.15, 0.2) is 0 Å². The fraction of sp³-hybridized carbons (Fsp3) is 0.800. The lowest BCUT2D eigenvalue weighted by Gasteiger charge is -2.01. The summed E-state index contributed by atoms with van der Waals surface area (Å²) < 4.78 is 4.58. The molecule has 0 saturated carbocycles. The first-order valence-electron chi connectivity index (χ1n) is 9.65. The first kappa shape index (κ1) is 23.4. The van der Waals surface area contributed by atoms with Crippen molar-refractivity contribution in [3.8, 4) is 0 Å². The molecule has 0 saturated heterocycles. The Labute approximate surface area is 156 Å². The summed E-state index contributed by atoms with van der Waals surface area (Å²) in [5.41, 5.74) is 0. The SMILES string of the molecule is CCCCCCCC/C=C\CCCCCCCC(=O)OC(=O)CBr. The summed E-state index contributed by atoms with van der Waals surface area (Å²) in [5, 5.41) is 0.0745. The molecular formula is C20H35BrO3. The Hall–Kier alpha value is -0.640. The van der Waals surface area contributed by atoms with E-state index in [1.54, 1.807) is 0 Å². The molecule has 0 aromatic heterocycles. The van der Waals surface area contributed by atoms with Gasteiger partial charge in [-0.3, -0.25) is 9.59 Å². The summed E-state index contributed by atoms with van der Waals surface area (Å²) in [6.45, 7) is 2.25. The van der Waals surface area contributed by atoms with Crippen LogP contribution in [-0.4, -0.2) is 17.3 Å². The van der Waals surface area contributed by atoms with Gasteiger partial charge in [0, 0.05) is 6.42 Å². The topological polar surface area (TPSA) is 43.4 Å². The summed E-state index contributed by atoms with van der Waals surface area (Å²) in [6, 6.07) is 0. The molecule has 0 aliphatic heterocycles. The highest BCUT2D eigenvalue weighted by atomic mass is 79.9. The second-order valence-corrected chi connectivity index (χ2v) is 6.87. The number of halogens is 1. The Kier molecular flexibility index (Phi) is 18.2. The van der Waals surface area contributed by atoms with Gasteiger partial charge in [-0.15, -0.1) is 0 Å². The van der Waals surface area contributed by atoms with Crippen LogP contribution in [0, 0.1) is 0 Å². The molecule has 0 aliphatic rings. The van der Waals surface area contributed by atoms with E-state index in [1.807, 2.05) is 0 Å². The van der Waals surface area contributed by atoms with Crippen LogP contribution in [0.2, 0.25) is 0 Å². The normalized spacial score (nSPS) is 11.1. The van der Waals surface area contributed by atoms with Crippen LogP contribution in [0.3, 0.4) is 0 Å². The van der Waals surface area contributed by atoms with Crippen molar-refractivity contribution in [3.63, 3.8) is 0 Å². The third kappa shape index (κ3) is 17.7. The maximum absolute atomic E-state index is 11.3. The van der Waals surface area contributed by atoms with Crippen LogP contribution >= 0.6 is 15.9 Å². The number of unbranched alkanes of at least 4 members (excludes halogenated alkanes) is 11. The van der Waals surface area contributed by atoms with Gasteiger partial charge in [0.1, 0.15) is 5.33 Å². The van der Waals surface area contributed by atoms with Gasteiger partial charge in [-0.25, -0.2) is 0 Å². The largest absolute Gasteiger partial charge is 0.393 e. The minimum absolute atomic E-state index is 0.0745. The Balaban J connectivity index is 3.23. The van der Waals surface area contributed by atoms with Crippen molar-refractivity contribution in [1.29, 1.82) is 0 Å². The molecule has 0 bridgehead atoms. The first-order valence-corrected chi connectivity index (χ1v) is 10.8. The van der Waals surface area contributed by atoms with Gasteiger partial charge in [0.2, 0.25) is 0 Å². The number of carbonyl (C=O) groups excluding carboxylic acids is 2. The summed E-state index contributed by atoms with van der Waals surface area (Å²) in [7, 11) is 0. The molecule has 0 radical (unpaired) electrons. The lowest BCUT2D eigenvalue weighted by molar-refractivity contribution is -0.157. The quantitative estimate of drug-likeness (QED) is 0.0973. The van der Waals surface area contributed by atoms with Gasteiger partial charge in [-0.05, 0) is 32.1 Å². The minimum Gasteiger partial charge on any atom is -0.393 e. The molecule has 0 heterocycles. The number of carbonyl (C=O) groups is 2. The summed E-state index contributed by atoms with van der Waals surface area (Å²) in [4.78, 5) is 22.2. The average Bonchev–Trinajstić information content (AvgIpc) is 2.58. The highest BCUT2D eigenvalue weighted by Crippen LogP contribution is 2.10. The first-order chi connectivity index (χ1) is 11.7. The molecule has 140 valence electrons. The number of ether oxygens (including phenoxy) is 1. The number of rotatable bonds is 16. The fourth-order valence-corrected chi connectivity index (χ4v) is 2.66. The van der Waals surface area contributed by atoms with Gasteiger partial charge in [0.25, 0.3) is 0 Å². The van der Waals surface area contributed by atoms with Gasteiger partial charge in [0.05, 0.1) is 0 Å². The van der Waals surface area contributed by atoms with Crippen molar-refractivity contribution in [2.75, 3.05) is 5.33 Å². The summed E-state index contributed by atoms with van der Waals surface area (Å²) in [5.74, 6) is -0.912. The van der Waals surface area contributed by atoms with E-state index in [0.717, 1.165) is 25.7 Å². The fourth-order valence-electron chi connectivity index (χ4n) is 2.55. The van der Waals surface area contributed by atoms with Crippen LogP contribution < -0.4 is 0 Å². The molecule has 0 fully saturated rings. The van der Waals surface area contributed by atoms with E-state index in [4.69, 9.17) is 0 Å². The van der Waals surface area contributed by atoms with E-state index in [0.29, 0.717) is 6.42 Å². The summed E-state index contributed by atoms with van der Waals surface area (Å²) >= 11 is 2.96. The van der Waals surface area contributed by atoms with Crippen molar-refractivity contribution in [1.82, 2.24) is 0 Å². The molecule has 24 heavy (non-hydrogen) atoms. The molecular weight excluding hydrogens is 368 g/mol. The molecule has 0 amide bonds. The van der Waals surface area contributed by atoms with Crippen LogP contribution in [0.1, 0.15) is 96.8 Å². The van der Waals surface area contributed by atoms with Crippen LogP contribution in [0.4, 0.5) is 0 Å². The van der Waals surface area contributed by atoms with Gasteiger partial charge in [-0.1, -0.05) is 86.4 Å². The second-order valence-electron chi connectivity index (χ2n) is 6.31. The molecule has 0 aromatic rings. The highest BCUT2D eigenvalue weighted by Gasteiger charge is 2.07. The minimum atomic E-state index is -0.507. The van der Waals surface area contributed by atoms with Crippen LogP contribution in [-0.2, 0) is 14.3 Å². The molecule has 0 N–H and O–H groups in total. The van der Waals surface area contributed by atoms with E-state index < -0.39 is 11.9 Å². The molecule has 0 aromatic carbocycles. The molecule has 0 spiro atoms. The van der Waals surface area contributed by atoms with Crippen molar-refractivity contribution in [2.45, 2.75) is 96.8 Å². The standard InChI is InChI=1S/C20H35BrO3/c1-2-3-4-5-6-7-8-9-10-11-12-13-14-15-16-17-19(22)24-20(23)18-21/h9-10H,2-8,11-18H2,1H3/b10-9-. The second kappa shape index (κ2) is 18.7. The van der Waals surface area contributed by atoms with Crippen molar-refractivity contribution < 1.29 is 14.3 Å². The monoisotopic (exact) mass is 402 g/mol. The van der Waals surface area contributed by atoms with E-state index in [9.17, 15) is 9.59 Å². The number of esters is 2. The maximum Gasteiger partial charge on any atom is 0.324 e. The predicted molar refractivity (Wildman–Crippen MR) is 104 cm³/mol. The Morgan fingerprint density at radius 2 is 1.25 bits per heavy atom. The number of hydrogen-bond acceptors (Lipinski definition) is 3. The van der Waals surface area contributed by atoms with E-state index >= 15 is 0 Å². The Morgan fingerprint density at radius 3 is 1.79 bits per heavy atom. The predicted octanol–water partition coefficient (Wildman–Crippen LogP) is 6.49. The van der Waals surface area contributed by atoms with Crippen molar-refractivity contribution in [2.24, 2.45) is 0 Å². The zero-order chi connectivity index (χ0) is 17.9. The van der Waals surface area contributed by atoms with E-state index in [2.05, 4.69) is 39.7 Å². The highest BCUT2D eigenvalue weighted by molar-refractivity contribution is 9.09. The van der Waals surface area contributed by atoms with Crippen LogP contribution in [0.25, 0.3) is 0 Å². The third-order valence-electron chi connectivity index (χ3n) is 3.98. The molecule has 0 aliphatic carbocycles. The summed E-state index contributed by atoms with van der Waals surface area (Å²) in [6.07, 6.45) is 21.0. The van der Waals surface area contributed by atoms with Crippen molar-refractivity contribution in [3.05, 3.63) is 12.2 Å². The van der Waals surface area contributed by atoms with Gasteiger partial charge < -0.3 is 4.74 Å².